The highest BCUT2D eigenvalue weighted by Crippen LogP contribution is 2.31. The lowest BCUT2D eigenvalue weighted by Crippen LogP contribution is -2.14. The molecule has 1 unspecified atom stereocenters. The van der Waals surface area contributed by atoms with Crippen molar-refractivity contribution in [2.75, 3.05) is 4.72 Å². The van der Waals surface area contributed by atoms with E-state index in [-0.39, 0.29) is 0 Å². The highest BCUT2D eigenvalue weighted by Gasteiger charge is 2.22. The van der Waals surface area contributed by atoms with Gasteiger partial charge in [0.1, 0.15) is 20.9 Å². The van der Waals surface area contributed by atoms with E-state index in [0.29, 0.717) is 20.5 Å². The van der Waals surface area contributed by atoms with Gasteiger partial charge in [0.2, 0.25) is 0 Å². The maximum absolute atomic E-state index is 12.6. The van der Waals surface area contributed by atoms with Crippen LogP contribution in [0.3, 0.4) is 0 Å². The van der Waals surface area contributed by atoms with Gasteiger partial charge < -0.3 is 10.1 Å². The first-order chi connectivity index (χ1) is 11.3. The maximum atomic E-state index is 12.6. The van der Waals surface area contributed by atoms with Gasteiger partial charge in [-0.2, -0.15) is 5.26 Å². The lowest BCUT2D eigenvalue weighted by atomic mass is 10.1. The number of nitrogens with zero attached hydrogens (tertiary/aromatic N) is 2. The van der Waals surface area contributed by atoms with Gasteiger partial charge in [0.05, 0.1) is 23.0 Å². The lowest BCUT2D eigenvalue weighted by Gasteiger charge is -2.12. The number of nitriles is 1. The molecule has 0 bridgehead atoms. The van der Waals surface area contributed by atoms with Crippen molar-refractivity contribution in [3.63, 3.8) is 0 Å². The zero-order valence-electron chi connectivity index (χ0n) is 13.4. The third kappa shape index (κ3) is 2.94. The SMILES string of the molecule is Cc1ccc(NS(=O)c2cnc(C(C)(C)O)s2)c2[nH]cc(C#N)c12. The van der Waals surface area contributed by atoms with Crippen LogP contribution in [0.5, 0.6) is 0 Å². The second kappa shape index (κ2) is 6.02. The number of nitrogens with one attached hydrogen (secondary N) is 2. The molecule has 0 saturated heterocycles. The van der Waals surface area contributed by atoms with E-state index in [0.717, 1.165) is 16.5 Å². The van der Waals surface area contributed by atoms with Crippen molar-refractivity contribution < 1.29 is 9.32 Å². The zero-order valence-corrected chi connectivity index (χ0v) is 15.0. The molecule has 124 valence electrons. The summed E-state index contributed by atoms with van der Waals surface area (Å²) in [7, 11) is -1.51. The number of fused-ring (bicyclic) bond motifs is 1. The smallest absolute Gasteiger partial charge is 0.162 e. The third-order valence-corrected chi connectivity index (χ3v) is 6.24. The van der Waals surface area contributed by atoms with Crippen molar-refractivity contribution in [2.45, 2.75) is 30.6 Å². The van der Waals surface area contributed by atoms with Crippen LogP contribution in [0.2, 0.25) is 0 Å². The fraction of sp³-hybridized carbons (Fsp3) is 0.250. The molecular formula is C16H16N4O2S2. The Morgan fingerprint density at radius 2 is 2.21 bits per heavy atom. The molecule has 0 spiro atoms. The summed E-state index contributed by atoms with van der Waals surface area (Å²) in [4.78, 5) is 7.19. The molecule has 0 radical (unpaired) electrons. The van der Waals surface area contributed by atoms with E-state index < -0.39 is 16.6 Å². The average Bonchev–Trinajstić information content (AvgIpc) is 3.16. The number of aryl methyl sites for hydroxylation is 1. The largest absolute Gasteiger partial charge is 0.383 e. The first kappa shape index (κ1) is 16.6. The standard InChI is InChI=1S/C16H16N4O2S2/c1-9-4-5-11(14-13(9)10(6-17)7-18-14)20-24(22)12-8-19-15(23-12)16(2,3)21/h4-5,7-8,18,20-21H,1-3H3. The predicted octanol–water partition coefficient (Wildman–Crippen LogP) is 3.17. The van der Waals surface area contributed by atoms with Gasteiger partial charge in [-0.15, -0.1) is 11.3 Å². The van der Waals surface area contributed by atoms with Crippen LogP contribution in [0.4, 0.5) is 5.69 Å². The molecule has 3 N–H and O–H groups in total. The minimum atomic E-state index is -1.51. The van der Waals surface area contributed by atoms with Gasteiger partial charge >= 0.3 is 0 Å². The van der Waals surface area contributed by atoms with Crippen LogP contribution in [0, 0.1) is 18.3 Å². The van der Waals surface area contributed by atoms with Gasteiger partial charge in [-0.3, -0.25) is 4.72 Å². The number of aromatic amines is 1. The van der Waals surface area contributed by atoms with E-state index in [2.05, 4.69) is 20.8 Å². The molecule has 6 nitrogen and oxygen atoms in total. The number of H-pyrrole nitrogens is 1. The Morgan fingerprint density at radius 1 is 1.46 bits per heavy atom. The molecule has 8 heteroatoms. The van der Waals surface area contributed by atoms with E-state index in [4.69, 9.17) is 0 Å². The van der Waals surface area contributed by atoms with Crippen LogP contribution in [0.15, 0.2) is 28.7 Å². The van der Waals surface area contributed by atoms with E-state index in [1.165, 1.54) is 17.5 Å². The number of aromatic nitrogens is 2. The fourth-order valence-electron chi connectivity index (χ4n) is 2.37. The van der Waals surface area contributed by atoms with Crippen molar-refractivity contribution in [3.8, 4) is 6.07 Å². The summed E-state index contributed by atoms with van der Waals surface area (Å²) < 4.78 is 16.0. The summed E-state index contributed by atoms with van der Waals surface area (Å²) in [6.45, 7) is 5.20. The third-order valence-electron chi connectivity index (χ3n) is 3.56. The Labute approximate surface area is 145 Å². The molecule has 1 aromatic carbocycles. The maximum Gasteiger partial charge on any atom is 0.162 e. The van der Waals surface area contributed by atoms with Gasteiger partial charge in [-0.05, 0) is 32.4 Å². The summed E-state index contributed by atoms with van der Waals surface area (Å²) in [6, 6.07) is 5.86. The number of thiazole rings is 1. The first-order valence-corrected chi connectivity index (χ1v) is 9.16. The number of benzene rings is 1. The van der Waals surface area contributed by atoms with E-state index in [1.54, 1.807) is 20.0 Å². The van der Waals surface area contributed by atoms with Crippen molar-refractivity contribution in [3.05, 3.63) is 40.7 Å². The van der Waals surface area contributed by atoms with Crippen molar-refractivity contribution >= 4 is 38.9 Å². The molecule has 24 heavy (non-hydrogen) atoms. The van der Waals surface area contributed by atoms with Gasteiger partial charge in [-0.25, -0.2) is 9.19 Å². The molecule has 0 aliphatic heterocycles. The molecule has 3 rings (SSSR count). The first-order valence-electron chi connectivity index (χ1n) is 7.19. The normalized spacial score (nSPS) is 13.0. The summed E-state index contributed by atoms with van der Waals surface area (Å²) in [5.41, 5.74) is 1.85. The van der Waals surface area contributed by atoms with E-state index in [1.807, 2.05) is 19.1 Å². The number of anilines is 1. The van der Waals surface area contributed by atoms with Crippen LogP contribution in [-0.4, -0.2) is 19.3 Å². The summed E-state index contributed by atoms with van der Waals surface area (Å²) in [6.07, 6.45) is 3.15. The summed E-state index contributed by atoms with van der Waals surface area (Å²) >= 11 is 1.20. The number of aliphatic hydroxyl groups is 1. The molecular weight excluding hydrogens is 344 g/mol. The second-order valence-corrected chi connectivity index (χ2v) is 8.38. The van der Waals surface area contributed by atoms with Crippen molar-refractivity contribution in [2.24, 2.45) is 0 Å². The van der Waals surface area contributed by atoms with Crippen molar-refractivity contribution in [1.82, 2.24) is 9.97 Å². The molecule has 1 atom stereocenters. The molecule has 0 aliphatic carbocycles. The van der Waals surface area contributed by atoms with Crippen LogP contribution in [0.1, 0.15) is 30.0 Å². The highest BCUT2D eigenvalue weighted by atomic mass is 32.2. The van der Waals surface area contributed by atoms with Gasteiger partial charge in [0.25, 0.3) is 0 Å². The molecule has 2 heterocycles. The Bertz CT molecular complexity index is 976. The van der Waals surface area contributed by atoms with Crippen LogP contribution in [-0.2, 0) is 16.6 Å². The molecule has 0 saturated carbocycles. The molecule has 0 fully saturated rings. The quantitative estimate of drug-likeness (QED) is 0.665. The lowest BCUT2D eigenvalue weighted by molar-refractivity contribution is 0.0783. The Kier molecular flexibility index (Phi) is 4.17. The van der Waals surface area contributed by atoms with Crippen LogP contribution < -0.4 is 4.72 Å². The summed E-state index contributed by atoms with van der Waals surface area (Å²) in [5, 5.41) is 20.5. The molecule has 2 aromatic heterocycles. The zero-order chi connectivity index (χ0) is 17.5. The van der Waals surface area contributed by atoms with E-state index in [9.17, 15) is 14.6 Å². The molecule has 0 aliphatic rings. The molecule has 3 aromatic rings. The van der Waals surface area contributed by atoms with E-state index >= 15 is 0 Å². The Hall–Kier alpha value is -2.21. The van der Waals surface area contributed by atoms with Gasteiger partial charge in [0.15, 0.2) is 11.0 Å². The number of hydrogen-bond donors (Lipinski definition) is 3. The van der Waals surface area contributed by atoms with Gasteiger partial charge in [0, 0.05) is 11.6 Å². The predicted molar refractivity (Wildman–Crippen MR) is 95.1 cm³/mol. The average molecular weight is 360 g/mol. The molecule has 0 amide bonds. The number of rotatable bonds is 4. The second-order valence-electron chi connectivity index (χ2n) is 5.91. The summed E-state index contributed by atoms with van der Waals surface area (Å²) in [5.74, 6) is 0. The monoisotopic (exact) mass is 360 g/mol. The van der Waals surface area contributed by atoms with Crippen molar-refractivity contribution in [1.29, 1.82) is 5.26 Å². The van der Waals surface area contributed by atoms with Gasteiger partial charge in [-0.1, -0.05) is 6.07 Å². The topological polar surface area (TPSA) is 102 Å². The van der Waals surface area contributed by atoms with Crippen LogP contribution in [0.25, 0.3) is 10.9 Å². The number of hydrogen-bond acceptors (Lipinski definition) is 5. The fourth-order valence-corrected chi connectivity index (χ4v) is 4.31. The van der Waals surface area contributed by atoms with Crippen LogP contribution >= 0.6 is 11.3 Å². The minimum absolute atomic E-state index is 0.508. The minimum Gasteiger partial charge on any atom is -0.383 e. The Balaban J connectivity index is 1.94. The Morgan fingerprint density at radius 3 is 2.83 bits per heavy atom. The highest BCUT2D eigenvalue weighted by molar-refractivity contribution is 7.88.